The number of hydrogen-bond acceptors (Lipinski definition) is 10. The Balaban J connectivity index is 1.41. The first-order valence-corrected chi connectivity index (χ1v) is 16.6. The Morgan fingerprint density at radius 2 is 1.56 bits per heavy atom. The SMILES string of the molecule is C[C@H](CCC(=O)OCCC(=O)OC(C(F)F)C(F)(F)F)[C@H]1CC[C@H]2[C@@H]3C(OC=O)C[C@@H]4CC(OC=O)CC[C@]4(C)[C@H]3CC(OC=O)[C@]12C. The largest absolute Gasteiger partial charge is 0.465 e. The quantitative estimate of drug-likeness (QED) is 0.0926. The molecule has 0 aliphatic heterocycles. The second-order valence-corrected chi connectivity index (χ2v) is 14.4. The maximum atomic E-state index is 12.6. The molecule has 4 fully saturated rings. The van der Waals surface area contributed by atoms with Gasteiger partial charge in [0.2, 0.25) is 0 Å². The summed E-state index contributed by atoms with van der Waals surface area (Å²) in [5.41, 5.74) is -0.643. The third-order valence-electron chi connectivity index (χ3n) is 12.3. The molecule has 4 aliphatic rings. The van der Waals surface area contributed by atoms with Crippen LogP contribution in [0.2, 0.25) is 0 Å². The zero-order chi connectivity index (χ0) is 35.4. The van der Waals surface area contributed by atoms with Gasteiger partial charge in [-0.3, -0.25) is 24.0 Å². The van der Waals surface area contributed by atoms with E-state index in [1.54, 1.807) is 0 Å². The predicted molar refractivity (Wildman–Crippen MR) is 155 cm³/mol. The Morgan fingerprint density at radius 3 is 2.19 bits per heavy atom. The molecule has 4 aliphatic carbocycles. The zero-order valence-electron chi connectivity index (χ0n) is 27.3. The molecule has 0 heterocycles. The third kappa shape index (κ3) is 7.59. The van der Waals surface area contributed by atoms with Crippen LogP contribution in [0.4, 0.5) is 22.0 Å². The average Bonchev–Trinajstić information content (AvgIpc) is 3.37. The van der Waals surface area contributed by atoms with Crippen molar-refractivity contribution in [3.8, 4) is 0 Å². The lowest BCUT2D eigenvalue weighted by atomic mass is 9.43. The minimum Gasteiger partial charge on any atom is -0.465 e. The van der Waals surface area contributed by atoms with E-state index in [0.717, 1.165) is 25.7 Å². The number of esters is 2. The summed E-state index contributed by atoms with van der Waals surface area (Å²) in [5.74, 6) is -2.02. The Kier molecular flexibility index (Phi) is 12.0. The van der Waals surface area contributed by atoms with Gasteiger partial charge < -0.3 is 23.7 Å². The Bertz CT molecular complexity index is 1170. The molecule has 15 heteroatoms. The first-order valence-electron chi connectivity index (χ1n) is 16.6. The summed E-state index contributed by atoms with van der Waals surface area (Å²) < 4.78 is 88.9. The number of fused-ring (bicyclic) bond motifs is 5. The van der Waals surface area contributed by atoms with Gasteiger partial charge in [0.05, 0.1) is 6.42 Å². The van der Waals surface area contributed by atoms with Crippen molar-refractivity contribution in [2.75, 3.05) is 6.61 Å². The monoisotopic (exact) mass is 696 g/mol. The van der Waals surface area contributed by atoms with Gasteiger partial charge >= 0.3 is 18.1 Å². The van der Waals surface area contributed by atoms with Crippen molar-refractivity contribution < 1.29 is 69.6 Å². The summed E-state index contributed by atoms with van der Waals surface area (Å²) in [4.78, 5) is 58.8. The standard InChI is InChI=1S/C33H45F5O10/c1-18(4-7-26(42)44-11-9-27(43)48-29(30(34)35)33(36,37)38)21-5-6-22-28-23(14-25(47-17-41)32(21,22)3)31(2)10-8-20(45-15-39)12-19(31)13-24(28)46-16-40/h15-25,28-30H,4-14H2,1-3H3/t18-,19+,20?,21-,22+,23+,24?,25?,28+,29?,31+,32-/m1/s1. The fourth-order valence-electron chi connectivity index (χ4n) is 10.1. The second kappa shape index (κ2) is 15.3. The molecular weight excluding hydrogens is 651 g/mol. The molecule has 48 heavy (non-hydrogen) atoms. The normalized spacial score (nSPS) is 37.1. The number of carbonyl (C=O) groups is 5. The summed E-state index contributed by atoms with van der Waals surface area (Å²) in [7, 11) is 0. The number of carbonyl (C=O) groups excluding carboxylic acids is 5. The smallest absolute Gasteiger partial charge is 0.431 e. The fraction of sp³-hybridized carbons (Fsp3) is 0.848. The van der Waals surface area contributed by atoms with E-state index < -0.39 is 55.2 Å². The van der Waals surface area contributed by atoms with Crippen LogP contribution in [0.15, 0.2) is 0 Å². The van der Waals surface area contributed by atoms with E-state index in [-0.39, 0.29) is 59.6 Å². The van der Waals surface area contributed by atoms with Gasteiger partial charge in [-0.05, 0) is 86.4 Å². The van der Waals surface area contributed by atoms with Crippen LogP contribution in [0.5, 0.6) is 0 Å². The number of ether oxygens (including phenoxy) is 5. The Morgan fingerprint density at radius 1 is 0.875 bits per heavy atom. The molecule has 0 amide bonds. The lowest BCUT2D eigenvalue weighted by Gasteiger charge is -2.64. The van der Waals surface area contributed by atoms with Crippen LogP contribution < -0.4 is 0 Å². The highest BCUT2D eigenvalue weighted by molar-refractivity contribution is 5.72. The van der Waals surface area contributed by atoms with E-state index >= 15 is 0 Å². The van der Waals surface area contributed by atoms with Crippen LogP contribution in [-0.4, -0.2) is 75.0 Å². The predicted octanol–water partition coefficient (Wildman–Crippen LogP) is 5.58. The summed E-state index contributed by atoms with van der Waals surface area (Å²) in [6, 6.07) is 0. The van der Waals surface area contributed by atoms with Crippen LogP contribution in [0, 0.1) is 46.3 Å². The van der Waals surface area contributed by atoms with Crippen molar-refractivity contribution in [2.45, 2.75) is 122 Å². The highest BCUT2D eigenvalue weighted by atomic mass is 19.4. The molecular formula is C33H45F5O10. The number of rotatable bonds is 15. The maximum absolute atomic E-state index is 12.6. The van der Waals surface area contributed by atoms with Crippen molar-refractivity contribution in [3.05, 3.63) is 0 Å². The van der Waals surface area contributed by atoms with Crippen molar-refractivity contribution in [1.29, 1.82) is 0 Å². The molecule has 0 N–H and O–H groups in total. The molecule has 272 valence electrons. The van der Waals surface area contributed by atoms with Crippen LogP contribution in [-0.2, 0) is 47.7 Å². The van der Waals surface area contributed by atoms with E-state index in [1.807, 2.05) is 6.92 Å². The zero-order valence-corrected chi connectivity index (χ0v) is 27.3. The van der Waals surface area contributed by atoms with E-state index in [4.69, 9.17) is 18.9 Å². The summed E-state index contributed by atoms with van der Waals surface area (Å²) in [6.45, 7) is 7.16. The third-order valence-corrected chi connectivity index (χ3v) is 12.3. The highest BCUT2D eigenvalue weighted by Gasteiger charge is 2.67. The van der Waals surface area contributed by atoms with Gasteiger partial charge in [-0.15, -0.1) is 0 Å². The molecule has 0 aromatic heterocycles. The van der Waals surface area contributed by atoms with Crippen molar-refractivity contribution in [3.63, 3.8) is 0 Å². The molecule has 0 aromatic rings. The van der Waals surface area contributed by atoms with Gasteiger partial charge in [0.1, 0.15) is 24.9 Å². The molecule has 10 nitrogen and oxygen atoms in total. The minimum absolute atomic E-state index is 0.0143. The van der Waals surface area contributed by atoms with E-state index in [9.17, 15) is 45.9 Å². The topological polar surface area (TPSA) is 132 Å². The number of hydrogen-bond donors (Lipinski definition) is 0. The molecule has 4 saturated carbocycles. The van der Waals surface area contributed by atoms with Crippen LogP contribution in [0.3, 0.4) is 0 Å². The van der Waals surface area contributed by atoms with Crippen LogP contribution in [0.25, 0.3) is 0 Å². The fourth-order valence-corrected chi connectivity index (χ4v) is 10.1. The molecule has 4 unspecified atom stereocenters. The molecule has 0 radical (unpaired) electrons. The van der Waals surface area contributed by atoms with Gasteiger partial charge in [-0.25, -0.2) is 8.78 Å². The number of halogens is 5. The Labute approximate surface area is 276 Å². The highest BCUT2D eigenvalue weighted by Crippen LogP contribution is 2.69. The van der Waals surface area contributed by atoms with Crippen molar-refractivity contribution >= 4 is 31.4 Å². The lowest BCUT2D eigenvalue weighted by molar-refractivity contribution is -0.249. The molecule has 0 bridgehead atoms. The number of alkyl halides is 5. The van der Waals surface area contributed by atoms with E-state index in [2.05, 4.69) is 18.6 Å². The molecule has 0 saturated heterocycles. The Hall–Kier alpha value is -3.00. The molecule has 0 aromatic carbocycles. The van der Waals surface area contributed by atoms with Crippen LogP contribution >= 0.6 is 0 Å². The summed E-state index contributed by atoms with van der Waals surface area (Å²) >= 11 is 0. The minimum atomic E-state index is -5.44. The van der Waals surface area contributed by atoms with E-state index in [1.165, 1.54) is 0 Å². The summed E-state index contributed by atoms with van der Waals surface area (Å²) in [6.07, 6.45) is -9.46. The van der Waals surface area contributed by atoms with Gasteiger partial charge in [-0.1, -0.05) is 20.8 Å². The van der Waals surface area contributed by atoms with Gasteiger partial charge in [0, 0.05) is 17.8 Å². The van der Waals surface area contributed by atoms with Crippen molar-refractivity contribution in [2.24, 2.45) is 46.3 Å². The lowest BCUT2D eigenvalue weighted by Crippen LogP contribution is -2.63. The van der Waals surface area contributed by atoms with Crippen LogP contribution in [0.1, 0.15) is 85.0 Å². The second-order valence-electron chi connectivity index (χ2n) is 14.4. The molecule has 12 atom stereocenters. The molecule has 0 spiro atoms. The summed E-state index contributed by atoms with van der Waals surface area (Å²) in [5, 5.41) is 0. The first-order chi connectivity index (χ1) is 22.6. The van der Waals surface area contributed by atoms with Gasteiger partial charge in [0.25, 0.3) is 31.9 Å². The van der Waals surface area contributed by atoms with Gasteiger partial charge in [-0.2, -0.15) is 13.2 Å². The average molecular weight is 697 g/mol. The maximum Gasteiger partial charge on any atom is 0.431 e. The first kappa shape index (κ1) is 37.8. The van der Waals surface area contributed by atoms with Crippen molar-refractivity contribution in [1.82, 2.24) is 0 Å². The van der Waals surface area contributed by atoms with E-state index in [0.29, 0.717) is 45.1 Å². The molecule has 4 rings (SSSR count). The van der Waals surface area contributed by atoms with Gasteiger partial charge in [0.15, 0.2) is 0 Å².